The van der Waals surface area contributed by atoms with Crippen LogP contribution in [-0.4, -0.2) is 70.8 Å². The molecule has 2 aliphatic carbocycles. The maximum Gasteiger partial charge on any atom is 0.320 e. The van der Waals surface area contributed by atoms with Crippen molar-refractivity contribution in [2.45, 2.75) is 75.5 Å². The third kappa shape index (κ3) is 7.46. The molecule has 168 valence electrons. The molecule has 8 nitrogen and oxygen atoms in total. The first kappa shape index (κ1) is 23.4. The van der Waals surface area contributed by atoms with E-state index in [2.05, 4.69) is 16.0 Å². The van der Waals surface area contributed by atoms with Crippen molar-refractivity contribution in [3.05, 3.63) is 0 Å². The third-order valence-corrected chi connectivity index (χ3v) is 7.86. The summed E-state index contributed by atoms with van der Waals surface area (Å²) < 4.78 is 0. The van der Waals surface area contributed by atoms with Crippen LogP contribution in [0.5, 0.6) is 0 Å². The Balaban J connectivity index is 1.63. The number of nitrogens with two attached hydrogens (primary N) is 1. The molecule has 4 amide bonds. The summed E-state index contributed by atoms with van der Waals surface area (Å²) in [6, 6.07) is -0.140. The summed E-state index contributed by atoms with van der Waals surface area (Å²) in [5.74, 6) is 0.717. The largest absolute Gasteiger partial charge is 0.351 e. The van der Waals surface area contributed by atoms with Gasteiger partial charge < -0.3 is 16.0 Å². The minimum absolute atomic E-state index is 0.0252. The van der Waals surface area contributed by atoms with Crippen LogP contribution in [0.25, 0.3) is 0 Å². The molecule has 1 aliphatic heterocycles. The number of nitrogens with one attached hydrogen (secondary N) is 3. The van der Waals surface area contributed by atoms with Crippen LogP contribution >= 0.6 is 23.5 Å². The van der Waals surface area contributed by atoms with Gasteiger partial charge in [0.25, 0.3) is 0 Å². The fourth-order valence-corrected chi connectivity index (χ4v) is 5.84. The molecule has 10 heteroatoms. The van der Waals surface area contributed by atoms with Gasteiger partial charge in [-0.05, 0) is 25.7 Å². The molecule has 0 bridgehead atoms. The molecule has 2 saturated carbocycles. The Morgan fingerprint density at radius 1 is 0.600 bits per heavy atom. The van der Waals surface area contributed by atoms with Gasteiger partial charge in [-0.1, -0.05) is 19.3 Å². The van der Waals surface area contributed by atoms with Crippen molar-refractivity contribution in [3.8, 4) is 0 Å². The van der Waals surface area contributed by atoms with Gasteiger partial charge in [-0.2, -0.15) is 0 Å². The van der Waals surface area contributed by atoms with Crippen molar-refractivity contribution in [1.29, 1.82) is 0 Å². The van der Waals surface area contributed by atoms with Crippen molar-refractivity contribution in [2.24, 2.45) is 0 Å². The number of primary amides is 1. The zero-order valence-corrected chi connectivity index (χ0v) is 19.0. The third-order valence-electron chi connectivity index (χ3n) is 5.97. The summed E-state index contributed by atoms with van der Waals surface area (Å²) >= 11 is 2.62. The van der Waals surface area contributed by atoms with Crippen molar-refractivity contribution >= 4 is 47.2 Å². The van der Waals surface area contributed by atoms with Gasteiger partial charge in [-0.25, -0.2) is 4.79 Å². The molecular weight excluding hydrogens is 424 g/mol. The van der Waals surface area contributed by atoms with Crippen molar-refractivity contribution < 1.29 is 24.5 Å². The molecule has 0 radical (unpaired) electrons. The molecule has 3 aliphatic rings. The fraction of sp³-hybridized carbons (Fsp3) is 0.800. The lowest BCUT2D eigenvalue weighted by Crippen LogP contribution is -2.97. The van der Waals surface area contributed by atoms with Gasteiger partial charge in [-0.15, -0.1) is 23.5 Å². The lowest BCUT2D eigenvalue weighted by molar-refractivity contribution is -0.610. The minimum atomic E-state index is -0.0936. The molecule has 4 unspecified atom stereocenters. The number of thioether (sulfide) groups is 2. The Labute approximate surface area is 186 Å². The second kappa shape index (κ2) is 12.0. The van der Waals surface area contributed by atoms with E-state index in [0.717, 1.165) is 51.4 Å². The minimum Gasteiger partial charge on any atom is -0.351 e. The highest BCUT2D eigenvalue weighted by Gasteiger charge is 2.32. The smallest absolute Gasteiger partial charge is 0.320 e. The molecule has 0 aromatic carbocycles. The number of amides is 4. The summed E-state index contributed by atoms with van der Waals surface area (Å²) in [6.45, 7) is 0. The molecule has 5 N–H and O–H groups in total. The van der Waals surface area contributed by atoms with Gasteiger partial charge in [-0.3, -0.25) is 19.7 Å². The monoisotopic (exact) mass is 457 g/mol. The highest BCUT2D eigenvalue weighted by Crippen LogP contribution is 2.20. The van der Waals surface area contributed by atoms with E-state index in [1.54, 1.807) is 5.32 Å². The number of rotatable bonds is 0. The molecule has 3 fully saturated rings. The van der Waals surface area contributed by atoms with E-state index in [1.165, 1.54) is 23.5 Å². The zero-order valence-electron chi connectivity index (χ0n) is 17.3. The maximum absolute atomic E-state index is 12.4. The standard InChI is InChI=1S/C20H32N4O4S2/c25-17-9-29-11-19(27)23-15-7-3-4-8-16(15)24-20(28)12-30-10-18(26)22-14-6-2-1-5-13(14)21-17/h13-16H,1-12H2,(H,21,25)(H,22,26)(H,23,27)(H,24,28)/p+1. The van der Waals surface area contributed by atoms with E-state index in [1.807, 2.05) is 0 Å². The topological polar surface area (TPSA) is 121 Å². The second-order valence-electron chi connectivity index (χ2n) is 8.37. The van der Waals surface area contributed by atoms with Crippen molar-refractivity contribution in [2.75, 3.05) is 23.0 Å². The summed E-state index contributed by atoms with van der Waals surface area (Å²) in [6.07, 6.45) is 7.57. The highest BCUT2D eigenvalue weighted by atomic mass is 32.2. The normalized spacial score (nSPS) is 33.1. The maximum atomic E-state index is 12.4. The van der Waals surface area contributed by atoms with Gasteiger partial charge in [0.2, 0.25) is 17.7 Å². The lowest BCUT2D eigenvalue weighted by atomic mass is 9.90. The first-order valence-corrected chi connectivity index (χ1v) is 13.2. The molecule has 3 rings (SSSR count). The van der Waals surface area contributed by atoms with Crippen LogP contribution in [0.15, 0.2) is 0 Å². The van der Waals surface area contributed by atoms with Crippen LogP contribution in [0.1, 0.15) is 51.4 Å². The van der Waals surface area contributed by atoms with Crippen molar-refractivity contribution in [1.82, 2.24) is 16.0 Å². The van der Waals surface area contributed by atoms with E-state index in [4.69, 9.17) is 0 Å². The molecule has 30 heavy (non-hydrogen) atoms. The summed E-state index contributed by atoms with van der Waals surface area (Å²) in [7, 11) is 0. The number of fused-ring (bicyclic) bond motifs is 2. The second-order valence-corrected chi connectivity index (χ2v) is 10.3. The van der Waals surface area contributed by atoms with Crippen LogP contribution in [-0.2, 0) is 19.2 Å². The molecule has 4 atom stereocenters. The van der Waals surface area contributed by atoms with Crippen LogP contribution in [0.3, 0.4) is 0 Å². The average Bonchev–Trinajstić information content (AvgIpc) is 2.70. The van der Waals surface area contributed by atoms with Crippen LogP contribution < -0.4 is 21.3 Å². The van der Waals surface area contributed by atoms with Crippen molar-refractivity contribution in [3.63, 3.8) is 0 Å². The first-order valence-electron chi connectivity index (χ1n) is 10.9. The van der Waals surface area contributed by atoms with Crippen LogP contribution in [0.4, 0.5) is 0 Å². The van der Waals surface area contributed by atoms with E-state index >= 15 is 0 Å². The summed E-state index contributed by atoms with van der Waals surface area (Å²) in [5, 5.41) is 10.9. The number of quaternary nitrogens is 1. The van der Waals surface area contributed by atoms with E-state index in [9.17, 15) is 19.2 Å². The Morgan fingerprint density at radius 3 is 1.60 bits per heavy atom. The Bertz CT molecular complexity index is 542. The van der Waals surface area contributed by atoms with Gasteiger partial charge >= 0.3 is 5.91 Å². The number of hydrogen-bond acceptors (Lipinski definition) is 6. The SMILES string of the molecule is O=C1CSCC(=O)NC2CCCCC2[NH2+]C(=O)CSCC(=O)NC2CCCCC2N1. The van der Waals surface area contributed by atoms with Crippen LogP contribution in [0.2, 0.25) is 0 Å². The van der Waals surface area contributed by atoms with E-state index < -0.39 is 0 Å². The van der Waals surface area contributed by atoms with Gasteiger partial charge in [0.1, 0.15) is 11.8 Å². The fourth-order valence-electron chi connectivity index (χ4n) is 4.53. The van der Waals surface area contributed by atoms with Gasteiger partial charge in [0, 0.05) is 18.5 Å². The summed E-state index contributed by atoms with van der Waals surface area (Å²) in [4.78, 5) is 49.5. The number of carbonyl (C=O) groups excluding carboxylic acids is 4. The van der Waals surface area contributed by atoms with Gasteiger partial charge in [0.05, 0.1) is 23.3 Å². The predicted molar refractivity (Wildman–Crippen MR) is 118 cm³/mol. The Morgan fingerprint density at radius 2 is 1.03 bits per heavy atom. The lowest BCUT2D eigenvalue weighted by Gasteiger charge is -2.33. The van der Waals surface area contributed by atoms with Gasteiger partial charge in [0.15, 0.2) is 0 Å². The molecular formula is C20H33N4O4S2+. The average molecular weight is 458 g/mol. The first-order chi connectivity index (χ1) is 14.5. The molecule has 0 aromatic rings. The molecule has 0 spiro atoms. The zero-order chi connectivity index (χ0) is 21.3. The van der Waals surface area contributed by atoms with E-state index in [0.29, 0.717) is 0 Å². The number of hydrogen-bond donors (Lipinski definition) is 4. The molecule has 1 saturated heterocycles. The number of carbonyl (C=O) groups is 4. The quantitative estimate of drug-likeness (QED) is 0.390. The Hall–Kier alpha value is -1.26. The predicted octanol–water partition coefficient (Wildman–Crippen LogP) is -0.473. The highest BCUT2D eigenvalue weighted by molar-refractivity contribution is 8.00. The van der Waals surface area contributed by atoms with Crippen LogP contribution in [0, 0.1) is 0 Å². The molecule has 0 aromatic heterocycles. The summed E-state index contributed by atoms with van der Waals surface area (Å²) in [5.41, 5.74) is 0. The van der Waals surface area contributed by atoms with E-state index in [-0.39, 0.29) is 70.8 Å². The molecule has 1 heterocycles. The Kier molecular flexibility index (Phi) is 9.32.